The molecule has 35 heteroatoms. The van der Waals surface area contributed by atoms with Crippen LogP contribution >= 0.6 is 91.2 Å². The van der Waals surface area contributed by atoms with E-state index in [1.54, 1.807) is 178 Å². The monoisotopic (exact) mass is 2110 g/mol. The summed E-state index contributed by atoms with van der Waals surface area (Å²) in [6.07, 6.45) is 47.9. The molecule has 16 heterocycles. The summed E-state index contributed by atoms with van der Waals surface area (Å²) < 4.78 is 13.6. The van der Waals surface area contributed by atoms with Crippen molar-refractivity contribution in [2.75, 3.05) is 38.0 Å². The lowest BCUT2D eigenvalue weighted by Gasteiger charge is -2.13. The number of anilines is 2. The topological polar surface area (TPSA) is 322 Å². The summed E-state index contributed by atoms with van der Waals surface area (Å²) in [4.78, 5) is 83.1. The maximum absolute atomic E-state index is 12.5. The van der Waals surface area contributed by atoms with Crippen LogP contribution in [0.4, 0.5) is 11.4 Å². The normalized spacial score (nSPS) is 11.0. The van der Waals surface area contributed by atoms with Crippen LogP contribution in [0.25, 0.3) is 97.2 Å². The maximum atomic E-state index is 12.5. The second kappa shape index (κ2) is 55.4. The average molecular weight is 2110 g/mol. The van der Waals surface area contributed by atoms with E-state index < -0.39 is 5.97 Å². The number of aromatic amines is 3. The van der Waals surface area contributed by atoms with Crippen LogP contribution in [-0.2, 0) is 7.05 Å². The van der Waals surface area contributed by atoms with Crippen molar-refractivity contribution in [3.05, 3.63) is 491 Å². The lowest BCUT2D eigenvalue weighted by Crippen LogP contribution is -2.15. The summed E-state index contributed by atoms with van der Waals surface area (Å²) in [5.74, 6) is -1.06. The number of carboxylic acid groups (broad SMARTS) is 1. The number of nitrogens with one attached hydrogen (secondary N) is 3. The van der Waals surface area contributed by atoms with Gasteiger partial charge >= 0.3 is 5.97 Å². The predicted molar refractivity (Wildman–Crippen MR) is 605 cm³/mol. The van der Waals surface area contributed by atoms with Crippen molar-refractivity contribution in [3.8, 4) is 0 Å². The van der Waals surface area contributed by atoms with Gasteiger partial charge in [-0.25, -0.2) is 23.5 Å². The molecule has 4 N–H and O–H groups in total. The minimum atomic E-state index is -1.02. The van der Waals surface area contributed by atoms with Crippen molar-refractivity contribution >= 4 is 235 Å². The number of H-pyrrole nitrogens is 3. The minimum absolute atomic E-state index is 0.131. The van der Waals surface area contributed by atoms with Gasteiger partial charge in [0.05, 0.1) is 68.5 Å². The number of benzene rings is 5. The number of hydrogen-bond donors (Lipinski definition) is 4. The third kappa shape index (κ3) is 32.7. The number of nitrogens with zero attached hydrogens (tertiary/aromatic N) is 16. The molecule has 0 unspecified atom stereocenters. The zero-order chi connectivity index (χ0) is 104. The number of rotatable bonds is 24. The van der Waals surface area contributed by atoms with Gasteiger partial charge in [-0.15, -0.1) is 68.0 Å². The van der Waals surface area contributed by atoms with Crippen molar-refractivity contribution in [1.82, 2.24) is 84.1 Å². The molecule has 0 atom stereocenters. The van der Waals surface area contributed by atoms with Gasteiger partial charge in [0, 0.05) is 153 Å². The molecule has 0 spiro atoms. The third-order valence-electron chi connectivity index (χ3n) is 20.7. The highest BCUT2D eigenvalue weighted by atomic mass is 35.5. The van der Waals surface area contributed by atoms with E-state index in [4.69, 9.17) is 32.7 Å². The fourth-order valence-corrected chi connectivity index (χ4v) is 17.3. The first-order chi connectivity index (χ1) is 72.1. The Morgan fingerprint density at radius 2 is 0.770 bits per heavy atom. The first-order valence-electron chi connectivity index (χ1n) is 45.3. The first-order valence-corrected chi connectivity index (χ1v) is 51.3. The Bertz CT molecular complexity index is 7750. The van der Waals surface area contributed by atoms with Crippen LogP contribution in [0, 0.1) is 0 Å². The molecule has 0 aliphatic heterocycles. The molecule has 27 nitrogen and oxygen atoms in total. The van der Waals surface area contributed by atoms with Gasteiger partial charge in [-0.1, -0.05) is 108 Å². The molecular weight excluding hydrogens is 2010 g/mol. The van der Waals surface area contributed by atoms with Gasteiger partial charge in [0.1, 0.15) is 11.5 Å². The fraction of sp³-hybridized carbons (Fsp3) is 0.0442. The van der Waals surface area contributed by atoms with Crippen molar-refractivity contribution in [3.63, 3.8) is 0 Å². The molecule has 21 aromatic rings. The van der Waals surface area contributed by atoms with E-state index in [1.165, 1.54) is 69.5 Å². The number of hydrogen-bond acceptors (Lipinski definition) is 23. The van der Waals surface area contributed by atoms with E-state index in [-0.39, 0.29) is 35.1 Å². The molecule has 0 saturated heterocycles. The number of furan rings is 1. The molecular formula is C113H95Cl2N19O8S6. The Hall–Kier alpha value is -17.5. The lowest BCUT2D eigenvalue weighted by molar-refractivity contribution is 0.0695. The van der Waals surface area contributed by atoms with Crippen molar-refractivity contribution in [1.29, 1.82) is 0 Å². The number of halogens is 2. The second-order valence-electron chi connectivity index (χ2n) is 31.5. The molecule has 0 bridgehead atoms. The minimum Gasteiger partial charge on any atom is -0.478 e. The molecule has 0 saturated carbocycles. The van der Waals surface area contributed by atoms with E-state index in [2.05, 4.69) is 85.7 Å². The van der Waals surface area contributed by atoms with Crippen molar-refractivity contribution < 1.29 is 38.3 Å². The SMILES string of the molecule is C(=C\c1ccco1)/c1ccn[nH]1.C(=C\c1cccs1)/c1ccn[nH]1.C(=C\c1ccn[nH]1)/c1ccccc1.CN(C)c1ccc(C(=O)n2ccc(/C=C/c3cccs3)n2)cc1.CN(C)c1cccc(C(=O)n2ccc(/C=C/c3cccs3)n2)c1.Cn1cccc1C(=O)n1ccc(/C=C/c2cccs2)n1.O=C(O)c1ccc(C(=O)n2ccc(/C=C/c3cccs3)n2)cc1.O=C(c1cccs1)n1nccc1/C=C/c1c(Cl)cccc1Cl. The second-order valence-corrected chi connectivity index (χ2v) is 38.2. The number of aryl methyl sites for hydroxylation is 1. The zero-order valence-corrected chi connectivity index (χ0v) is 86.5. The Kier molecular flexibility index (Phi) is 39.7. The highest BCUT2D eigenvalue weighted by Gasteiger charge is 2.18. The zero-order valence-electron chi connectivity index (χ0n) is 80.0. The predicted octanol–water partition coefficient (Wildman–Crippen LogP) is 26.9. The lowest BCUT2D eigenvalue weighted by atomic mass is 10.1. The van der Waals surface area contributed by atoms with Crippen molar-refractivity contribution in [2.45, 2.75) is 0 Å². The van der Waals surface area contributed by atoms with Crippen LogP contribution in [0.3, 0.4) is 0 Å². The molecule has 0 radical (unpaired) electrons. The largest absolute Gasteiger partial charge is 0.478 e. The molecule has 740 valence electrons. The summed E-state index contributed by atoms with van der Waals surface area (Å²) >= 11 is 22.0. The summed E-state index contributed by atoms with van der Waals surface area (Å²) in [5, 5.41) is 63.3. The standard InChI is InChI=1S/2C18H17N3OS.C17H12N2O3S.C16H10Cl2N2OS.C15H13N3OS.C11H10N2.C9H8N2O.C9H8N2S/c1-20(2)16-6-3-5-14(13-16)18(22)21-11-10-15(19-21)8-9-17-7-4-12-23-17;1-20(2)16-8-5-14(6-9-16)18(22)21-12-11-15(19-21)7-10-17-4-3-13-23-17;20-16(12-3-5-13(6-4-12)17(21)22)19-10-9-14(18-19)7-8-15-2-1-11-23-15;17-13-3-1-4-14(18)12(13)7-6-11-8-9-19-20(11)16(21)15-5-2-10-22-15;1-17-9-2-5-14(17)15(19)18-10-8-12(16-18)6-7-13-4-3-11-20-13;1-2-4-10(5-3-1)6-7-11-8-9-12-13-11;2*1-2-9(12-7-1)4-3-8-5-6-10-11-8/h2*3-13H,1-2H3;1-11H,(H,21,22);1-10H;2-11H,1H3;1-9H,(H,12,13);2*1-7H,(H,10,11)/b9-8+;10-7+;8-7+;3*7-6+;2*4-3+. The molecule has 0 fully saturated rings. The number of thiophene rings is 6. The molecule has 5 aromatic carbocycles. The Morgan fingerprint density at radius 3 is 1.18 bits per heavy atom. The maximum Gasteiger partial charge on any atom is 0.335 e. The smallest absolute Gasteiger partial charge is 0.335 e. The van der Waals surface area contributed by atoms with Crippen LogP contribution in [-0.4, -0.2) is 153 Å². The van der Waals surface area contributed by atoms with E-state index in [1.807, 2.05) is 333 Å². The van der Waals surface area contributed by atoms with Gasteiger partial charge < -0.3 is 23.9 Å². The summed E-state index contributed by atoms with van der Waals surface area (Å²) in [7, 11) is 9.68. The number of carboxylic acids is 1. The van der Waals surface area contributed by atoms with Crippen LogP contribution in [0.2, 0.25) is 10.0 Å². The molecule has 0 aliphatic carbocycles. The average Bonchev–Trinajstić information content (AvgIpc) is 1.75. The number of aromatic nitrogens is 17. The summed E-state index contributed by atoms with van der Waals surface area (Å²) in [6.45, 7) is 0. The Balaban J connectivity index is 0.000000135. The summed E-state index contributed by atoms with van der Waals surface area (Å²) in [6, 6.07) is 82.2. The molecule has 21 rings (SSSR count). The molecule has 0 amide bonds. The number of aromatic carboxylic acids is 1. The van der Waals surface area contributed by atoms with Gasteiger partial charge in [-0.2, -0.15) is 45.5 Å². The van der Waals surface area contributed by atoms with Crippen LogP contribution in [0.5, 0.6) is 0 Å². The van der Waals surface area contributed by atoms with Gasteiger partial charge in [-0.3, -0.25) is 39.3 Å². The van der Waals surface area contributed by atoms with Crippen LogP contribution in [0.1, 0.15) is 148 Å². The first kappa shape index (κ1) is 106. The Labute approximate surface area is 886 Å². The van der Waals surface area contributed by atoms with Crippen LogP contribution < -0.4 is 9.80 Å². The Morgan fingerprint density at radius 1 is 0.345 bits per heavy atom. The van der Waals surface area contributed by atoms with Crippen molar-refractivity contribution in [2.24, 2.45) is 7.05 Å². The molecule has 148 heavy (non-hydrogen) atoms. The van der Waals surface area contributed by atoms with E-state index in [9.17, 15) is 28.8 Å². The summed E-state index contributed by atoms with van der Waals surface area (Å²) in [5.41, 5.74) is 13.0. The van der Waals surface area contributed by atoms with E-state index in [0.717, 1.165) is 70.8 Å². The van der Waals surface area contributed by atoms with Gasteiger partial charge in [0.2, 0.25) is 0 Å². The quantitative estimate of drug-likeness (QED) is 0.0437. The van der Waals surface area contributed by atoms with E-state index >= 15 is 0 Å². The molecule has 0 aliphatic rings. The van der Waals surface area contributed by atoms with Gasteiger partial charge in [0.15, 0.2) is 0 Å². The highest BCUT2D eigenvalue weighted by Crippen LogP contribution is 2.28. The number of carbonyl (C=O) groups is 6. The highest BCUT2D eigenvalue weighted by molar-refractivity contribution is 7.12. The third-order valence-corrected chi connectivity index (χ3v) is 26.4. The molecule has 16 aromatic heterocycles. The number of carbonyl (C=O) groups excluding carboxylic acids is 5. The van der Waals surface area contributed by atoms with Crippen LogP contribution in [0.15, 0.2) is 366 Å². The van der Waals surface area contributed by atoms with E-state index in [0.29, 0.717) is 54.3 Å². The van der Waals surface area contributed by atoms with Gasteiger partial charge in [0.25, 0.3) is 29.5 Å². The fourth-order valence-electron chi connectivity index (χ4n) is 13.0. The van der Waals surface area contributed by atoms with Gasteiger partial charge in [-0.05, 0) is 317 Å².